The van der Waals surface area contributed by atoms with Gasteiger partial charge in [0.05, 0.1) is 17.7 Å². The molecule has 0 fully saturated rings. The minimum absolute atomic E-state index is 0.122. The van der Waals surface area contributed by atoms with E-state index in [2.05, 4.69) is 11.7 Å². The van der Waals surface area contributed by atoms with Crippen molar-refractivity contribution in [3.8, 4) is 22.6 Å². The number of esters is 2. The molecule has 3 aromatic carbocycles. The summed E-state index contributed by atoms with van der Waals surface area (Å²) < 4.78 is 103. The van der Waals surface area contributed by atoms with Gasteiger partial charge in [0.2, 0.25) is 0 Å². The summed E-state index contributed by atoms with van der Waals surface area (Å²) in [7, 11) is 0. The van der Waals surface area contributed by atoms with Gasteiger partial charge in [0.1, 0.15) is 17.3 Å². The number of carbonyl (C=O) groups excluding carboxylic acids is 2. The van der Waals surface area contributed by atoms with Gasteiger partial charge in [0, 0.05) is 19.3 Å². The molecular weight excluding hydrogens is 690 g/mol. The Labute approximate surface area is 301 Å². The van der Waals surface area contributed by atoms with E-state index in [0.717, 1.165) is 41.9 Å². The van der Waals surface area contributed by atoms with Crippen molar-refractivity contribution in [2.24, 2.45) is 0 Å². The zero-order chi connectivity index (χ0) is 38.0. The van der Waals surface area contributed by atoms with Crippen LogP contribution in [0, 0.1) is 5.82 Å². The van der Waals surface area contributed by atoms with E-state index >= 15 is 0 Å². The van der Waals surface area contributed by atoms with E-state index in [-0.39, 0.29) is 30.8 Å². The second-order valence-corrected chi connectivity index (χ2v) is 12.5. The van der Waals surface area contributed by atoms with Crippen molar-refractivity contribution in [3.63, 3.8) is 0 Å². The van der Waals surface area contributed by atoms with Gasteiger partial charge in [-0.1, -0.05) is 82.6 Å². The number of rotatable bonds is 23. The fourth-order valence-electron chi connectivity index (χ4n) is 5.40. The minimum atomic E-state index is -6.00. The SMILES string of the molecule is CCCCCCCCCCCOc1ccc(-c2ccc(C(=O)Oc3ccc(C(=O)OC(CCCCOCC)C(F)(F)C(F)(F)F)c(F)c3)cc2)cc1. The molecule has 0 saturated heterocycles. The lowest BCUT2D eigenvalue weighted by Gasteiger charge is -2.28. The van der Waals surface area contributed by atoms with Crippen LogP contribution in [-0.4, -0.2) is 50.0 Å². The molecule has 52 heavy (non-hydrogen) atoms. The van der Waals surface area contributed by atoms with Crippen LogP contribution in [0.15, 0.2) is 66.7 Å². The van der Waals surface area contributed by atoms with Crippen LogP contribution in [0.3, 0.4) is 0 Å². The Balaban J connectivity index is 1.51. The molecule has 0 amide bonds. The predicted molar refractivity (Wildman–Crippen MR) is 187 cm³/mol. The Hall–Kier alpha value is -4.06. The molecule has 0 aliphatic heterocycles. The van der Waals surface area contributed by atoms with E-state index in [1.54, 1.807) is 19.1 Å². The zero-order valence-corrected chi connectivity index (χ0v) is 29.8. The molecule has 286 valence electrons. The van der Waals surface area contributed by atoms with Crippen LogP contribution in [0.1, 0.15) is 112 Å². The Morgan fingerprint density at radius 3 is 1.79 bits per heavy atom. The Morgan fingerprint density at radius 1 is 0.654 bits per heavy atom. The molecule has 0 aliphatic rings. The summed E-state index contributed by atoms with van der Waals surface area (Å²) in [6.45, 7) is 5.02. The van der Waals surface area contributed by atoms with Crippen LogP contribution in [0.25, 0.3) is 11.1 Å². The van der Waals surface area contributed by atoms with Gasteiger partial charge >= 0.3 is 24.0 Å². The number of halogens is 6. The van der Waals surface area contributed by atoms with Crippen molar-refractivity contribution in [1.82, 2.24) is 0 Å². The van der Waals surface area contributed by atoms with E-state index in [4.69, 9.17) is 14.2 Å². The number of hydrogen-bond donors (Lipinski definition) is 0. The lowest BCUT2D eigenvalue weighted by atomic mass is 10.0. The van der Waals surface area contributed by atoms with Crippen molar-refractivity contribution >= 4 is 11.9 Å². The topological polar surface area (TPSA) is 71.1 Å². The summed E-state index contributed by atoms with van der Waals surface area (Å²) in [6.07, 6.45) is 1.41. The van der Waals surface area contributed by atoms with Crippen LogP contribution in [-0.2, 0) is 9.47 Å². The molecule has 0 aliphatic carbocycles. The third-order valence-corrected chi connectivity index (χ3v) is 8.44. The van der Waals surface area contributed by atoms with Gasteiger partial charge in [-0.25, -0.2) is 14.0 Å². The van der Waals surface area contributed by atoms with Gasteiger partial charge in [0.25, 0.3) is 0 Å². The molecule has 6 nitrogen and oxygen atoms in total. The first kappa shape index (κ1) is 42.4. The van der Waals surface area contributed by atoms with Gasteiger partial charge < -0.3 is 18.9 Å². The highest BCUT2D eigenvalue weighted by Crippen LogP contribution is 2.41. The molecule has 0 radical (unpaired) electrons. The summed E-state index contributed by atoms with van der Waals surface area (Å²) in [5.74, 6) is -8.84. The third kappa shape index (κ3) is 13.5. The van der Waals surface area contributed by atoms with Crippen molar-refractivity contribution in [3.05, 3.63) is 83.7 Å². The lowest BCUT2D eigenvalue weighted by molar-refractivity contribution is -0.312. The van der Waals surface area contributed by atoms with Crippen molar-refractivity contribution < 1.29 is 54.9 Å². The number of ether oxygens (including phenoxy) is 4. The number of carbonyl (C=O) groups is 2. The van der Waals surface area contributed by atoms with Gasteiger partial charge in [0.15, 0.2) is 6.10 Å². The predicted octanol–water partition coefficient (Wildman–Crippen LogP) is 11.6. The zero-order valence-electron chi connectivity index (χ0n) is 29.8. The molecule has 1 unspecified atom stereocenters. The van der Waals surface area contributed by atoms with Crippen molar-refractivity contribution in [2.75, 3.05) is 19.8 Å². The lowest BCUT2D eigenvalue weighted by Crippen LogP contribution is -2.49. The fraction of sp³-hybridized carbons (Fsp3) is 0.500. The maximum atomic E-state index is 14.8. The van der Waals surface area contributed by atoms with Crippen LogP contribution in [0.5, 0.6) is 11.5 Å². The van der Waals surface area contributed by atoms with Gasteiger partial charge in [-0.15, -0.1) is 0 Å². The van der Waals surface area contributed by atoms with E-state index in [1.807, 2.05) is 24.3 Å². The quantitative estimate of drug-likeness (QED) is 0.0417. The summed E-state index contributed by atoms with van der Waals surface area (Å²) in [5.41, 5.74) is 0.941. The van der Waals surface area contributed by atoms with Crippen LogP contribution >= 0.6 is 0 Å². The maximum Gasteiger partial charge on any atom is 0.457 e. The maximum absolute atomic E-state index is 14.8. The normalized spacial score (nSPS) is 12.4. The molecular formula is C40H48F6O6. The summed E-state index contributed by atoms with van der Waals surface area (Å²) >= 11 is 0. The van der Waals surface area contributed by atoms with Gasteiger partial charge in [-0.2, -0.15) is 22.0 Å². The molecule has 0 aromatic heterocycles. The van der Waals surface area contributed by atoms with Gasteiger partial charge in [-0.3, -0.25) is 0 Å². The Bertz CT molecular complexity index is 1510. The van der Waals surface area contributed by atoms with E-state index in [9.17, 15) is 35.9 Å². The number of unbranched alkanes of at least 4 members (excludes halogenated alkanes) is 9. The summed E-state index contributed by atoms with van der Waals surface area (Å²) in [4.78, 5) is 25.3. The highest BCUT2D eigenvalue weighted by Gasteiger charge is 2.63. The largest absolute Gasteiger partial charge is 0.494 e. The highest BCUT2D eigenvalue weighted by molar-refractivity contribution is 5.92. The van der Waals surface area contributed by atoms with Crippen molar-refractivity contribution in [1.29, 1.82) is 0 Å². The average Bonchev–Trinajstić information content (AvgIpc) is 3.11. The standard InChI is InChI=1S/C40H48F6O6/c1-3-5-6-7-8-9-10-11-13-27-50-32-22-20-30(21-23-32)29-16-18-31(19-17-29)37(47)51-33-24-25-34(35(41)28-33)38(48)52-36(15-12-14-26-49-4-2)39(42,43)40(44,45)46/h16-25,28,36H,3-15,26-27H2,1-2H3. The third-order valence-electron chi connectivity index (χ3n) is 8.44. The van der Waals surface area contributed by atoms with Gasteiger partial charge in [-0.05, 0) is 80.1 Å². The molecule has 0 saturated carbocycles. The van der Waals surface area contributed by atoms with Crippen molar-refractivity contribution in [2.45, 2.75) is 109 Å². The molecule has 3 rings (SSSR count). The average molecular weight is 739 g/mol. The molecule has 0 spiro atoms. The first-order chi connectivity index (χ1) is 24.9. The van der Waals surface area contributed by atoms with E-state index in [0.29, 0.717) is 19.3 Å². The molecule has 12 heteroatoms. The molecule has 1 atom stereocenters. The Kier molecular flexibility index (Phi) is 17.5. The second kappa shape index (κ2) is 21.5. The Morgan fingerprint density at radius 2 is 1.21 bits per heavy atom. The van der Waals surface area contributed by atoms with Crippen LogP contribution in [0.4, 0.5) is 26.3 Å². The molecule has 3 aromatic rings. The number of benzene rings is 3. The number of hydrogen-bond acceptors (Lipinski definition) is 6. The first-order valence-electron chi connectivity index (χ1n) is 18.0. The highest BCUT2D eigenvalue weighted by atomic mass is 19.4. The fourth-order valence-corrected chi connectivity index (χ4v) is 5.40. The molecule has 0 N–H and O–H groups in total. The van der Waals surface area contributed by atoms with E-state index < -0.39 is 47.9 Å². The second-order valence-electron chi connectivity index (χ2n) is 12.5. The van der Waals surface area contributed by atoms with Crippen LogP contribution < -0.4 is 9.47 Å². The molecule has 0 bridgehead atoms. The monoisotopic (exact) mass is 738 g/mol. The van der Waals surface area contributed by atoms with Crippen LogP contribution in [0.2, 0.25) is 0 Å². The first-order valence-corrected chi connectivity index (χ1v) is 18.0. The summed E-state index contributed by atoms with van der Waals surface area (Å²) in [5, 5.41) is 0. The van der Waals surface area contributed by atoms with E-state index in [1.165, 1.54) is 57.1 Å². The number of alkyl halides is 5. The summed E-state index contributed by atoms with van der Waals surface area (Å²) in [6, 6.07) is 16.4. The molecule has 0 heterocycles. The smallest absolute Gasteiger partial charge is 0.457 e. The minimum Gasteiger partial charge on any atom is -0.494 e.